The lowest BCUT2D eigenvalue weighted by atomic mass is 9.86. The first kappa shape index (κ1) is 20.2. The lowest BCUT2D eigenvalue weighted by Gasteiger charge is -2.38. The number of benzene rings is 1. The van der Waals surface area contributed by atoms with Crippen molar-refractivity contribution in [2.24, 2.45) is 0 Å². The van der Waals surface area contributed by atoms with Gasteiger partial charge in [-0.05, 0) is 44.1 Å². The van der Waals surface area contributed by atoms with Gasteiger partial charge in [0.15, 0.2) is 0 Å². The molecule has 0 spiro atoms. The Balaban J connectivity index is 2.02. The fourth-order valence-corrected chi connectivity index (χ4v) is 3.14. The Morgan fingerprint density at radius 3 is 2.43 bits per heavy atom. The number of alkyl halides is 6. The Kier molecular flexibility index (Phi) is 5.41. The zero-order valence-corrected chi connectivity index (χ0v) is 14.2. The van der Waals surface area contributed by atoms with Gasteiger partial charge in [-0.2, -0.15) is 13.2 Å². The first-order valence-corrected chi connectivity index (χ1v) is 8.31. The maximum atomic E-state index is 15.1. The minimum atomic E-state index is -4.88. The number of nitrogens with zero attached hydrogens (tertiary/aromatic N) is 1. The van der Waals surface area contributed by atoms with Gasteiger partial charge >= 0.3 is 11.9 Å². The topological polar surface area (TPSA) is 83.0 Å². The second kappa shape index (κ2) is 7.49. The van der Waals surface area contributed by atoms with E-state index in [1.54, 1.807) is 0 Å². The summed E-state index contributed by atoms with van der Waals surface area (Å²) in [7, 11) is 0. The van der Waals surface area contributed by atoms with Crippen LogP contribution < -0.4 is 16.4 Å². The number of rotatable bonds is 5. The minimum Gasteiger partial charge on any atom is -0.388 e. The Bertz CT molecular complexity index is 873. The standard InChI is InChI=1S/C16H16F6N4O2/c17-12(18)11(15(19)3-5-23-6-4-15)24-10-7-8(13-25-26-14(27)28-13)1-2-9(10)16(20,21)22/h1-2,7,11-12,23-24H,3-6H2,(H,26,27)/t11-/m0/s1. The highest BCUT2D eigenvalue weighted by Gasteiger charge is 2.46. The third-order valence-electron chi connectivity index (χ3n) is 4.57. The van der Waals surface area contributed by atoms with Gasteiger partial charge in [0.2, 0.25) is 5.89 Å². The van der Waals surface area contributed by atoms with Crippen LogP contribution in [0.4, 0.5) is 32.0 Å². The molecule has 0 aliphatic carbocycles. The summed E-state index contributed by atoms with van der Waals surface area (Å²) >= 11 is 0. The average Bonchev–Trinajstić information content (AvgIpc) is 3.05. The van der Waals surface area contributed by atoms with Crippen LogP contribution in [-0.4, -0.2) is 41.4 Å². The van der Waals surface area contributed by atoms with Crippen LogP contribution in [0.5, 0.6) is 0 Å². The van der Waals surface area contributed by atoms with E-state index in [-0.39, 0.29) is 37.4 Å². The van der Waals surface area contributed by atoms with Crippen molar-refractivity contribution in [3.05, 3.63) is 34.3 Å². The molecule has 1 aliphatic rings. The van der Waals surface area contributed by atoms with Crippen molar-refractivity contribution < 1.29 is 30.8 Å². The van der Waals surface area contributed by atoms with Gasteiger partial charge in [0.25, 0.3) is 6.43 Å². The molecule has 1 aromatic carbocycles. The first-order valence-electron chi connectivity index (χ1n) is 8.31. The van der Waals surface area contributed by atoms with E-state index in [2.05, 4.69) is 20.1 Å². The van der Waals surface area contributed by atoms with Crippen LogP contribution in [-0.2, 0) is 6.18 Å². The van der Waals surface area contributed by atoms with Crippen molar-refractivity contribution in [1.82, 2.24) is 15.5 Å². The van der Waals surface area contributed by atoms with Crippen LogP contribution in [0, 0.1) is 0 Å². The van der Waals surface area contributed by atoms with E-state index in [0.29, 0.717) is 6.07 Å². The fraction of sp³-hybridized carbons (Fsp3) is 0.500. The van der Waals surface area contributed by atoms with Gasteiger partial charge in [0.1, 0.15) is 11.7 Å². The van der Waals surface area contributed by atoms with Gasteiger partial charge in [-0.15, -0.1) is 5.10 Å². The van der Waals surface area contributed by atoms with E-state index in [0.717, 1.165) is 12.1 Å². The predicted octanol–water partition coefficient (Wildman–Crippen LogP) is 3.19. The SMILES string of the molecule is O=c1[nH]nc(-c2ccc(C(F)(F)F)c(N[C@@H](C(F)F)C3(F)CCNCC3)c2)o1. The molecule has 0 bridgehead atoms. The van der Waals surface area contributed by atoms with E-state index >= 15 is 4.39 Å². The molecule has 12 heteroatoms. The van der Waals surface area contributed by atoms with E-state index in [9.17, 15) is 26.7 Å². The molecule has 2 aromatic rings. The number of hydrogen-bond acceptors (Lipinski definition) is 5. The summed E-state index contributed by atoms with van der Waals surface area (Å²) in [5.74, 6) is -1.26. The summed E-state index contributed by atoms with van der Waals surface area (Å²) in [5, 5.41) is 10.3. The lowest BCUT2D eigenvalue weighted by Crippen LogP contribution is -2.53. The highest BCUT2D eigenvalue weighted by molar-refractivity contribution is 5.65. The summed E-state index contributed by atoms with van der Waals surface area (Å²) in [6.45, 7) is 0.262. The molecular formula is C16H16F6N4O2. The molecule has 0 saturated carbocycles. The van der Waals surface area contributed by atoms with Crippen molar-refractivity contribution >= 4 is 5.69 Å². The van der Waals surface area contributed by atoms with E-state index in [4.69, 9.17) is 0 Å². The van der Waals surface area contributed by atoms with Gasteiger partial charge in [-0.3, -0.25) is 0 Å². The maximum Gasteiger partial charge on any atom is 0.434 e. The molecule has 1 saturated heterocycles. The van der Waals surface area contributed by atoms with Crippen molar-refractivity contribution in [2.75, 3.05) is 18.4 Å². The molecule has 0 amide bonds. The molecule has 6 nitrogen and oxygen atoms in total. The van der Waals surface area contributed by atoms with Gasteiger partial charge in [0.05, 0.1) is 5.56 Å². The lowest BCUT2D eigenvalue weighted by molar-refractivity contribution is -0.137. The number of aromatic nitrogens is 2. The molecule has 3 N–H and O–H groups in total. The van der Waals surface area contributed by atoms with Gasteiger partial charge in [0, 0.05) is 11.3 Å². The summed E-state index contributed by atoms with van der Waals surface area (Å²) < 4.78 is 87.0. The number of anilines is 1. The predicted molar refractivity (Wildman–Crippen MR) is 86.9 cm³/mol. The molecule has 3 rings (SSSR count). The second-order valence-electron chi connectivity index (χ2n) is 6.42. The Morgan fingerprint density at radius 1 is 1.21 bits per heavy atom. The van der Waals surface area contributed by atoms with Crippen LogP contribution in [0.2, 0.25) is 0 Å². The molecule has 28 heavy (non-hydrogen) atoms. The van der Waals surface area contributed by atoms with Crippen LogP contribution in [0.15, 0.2) is 27.4 Å². The number of hydrogen-bond donors (Lipinski definition) is 3. The summed E-state index contributed by atoms with van der Waals surface area (Å²) in [5.41, 5.74) is -4.47. The van der Waals surface area contributed by atoms with Crippen LogP contribution >= 0.6 is 0 Å². The van der Waals surface area contributed by atoms with Crippen molar-refractivity contribution in [3.8, 4) is 11.5 Å². The van der Waals surface area contributed by atoms with Crippen LogP contribution in [0.1, 0.15) is 18.4 Å². The molecule has 1 aliphatic heterocycles. The smallest absolute Gasteiger partial charge is 0.388 e. The van der Waals surface area contributed by atoms with Gasteiger partial charge < -0.3 is 15.1 Å². The average molecular weight is 410 g/mol. The normalized spacial score (nSPS) is 18.2. The third-order valence-corrected chi connectivity index (χ3v) is 4.57. The van der Waals surface area contributed by atoms with E-state index < -0.39 is 41.3 Å². The minimum absolute atomic E-state index is 0.0694. The third kappa shape index (κ3) is 4.16. The first-order chi connectivity index (χ1) is 13.1. The molecule has 2 heterocycles. The van der Waals surface area contributed by atoms with Crippen molar-refractivity contribution in [2.45, 2.75) is 37.2 Å². The van der Waals surface area contributed by atoms with Gasteiger partial charge in [-0.1, -0.05) is 0 Å². The van der Waals surface area contributed by atoms with Crippen molar-refractivity contribution in [3.63, 3.8) is 0 Å². The van der Waals surface area contributed by atoms with E-state index in [1.807, 2.05) is 5.10 Å². The fourth-order valence-electron chi connectivity index (χ4n) is 3.14. The molecule has 0 radical (unpaired) electrons. The van der Waals surface area contributed by atoms with Crippen LogP contribution in [0.3, 0.4) is 0 Å². The Morgan fingerprint density at radius 2 is 1.89 bits per heavy atom. The molecule has 0 unspecified atom stereocenters. The number of piperidine rings is 1. The Hall–Kier alpha value is -2.50. The molecule has 1 fully saturated rings. The number of nitrogens with one attached hydrogen (secondary N) is 3. The maximum absolute atomic E-state index is 15.1. The van der Waals surface area contributed by atoms with Crippen LogP contribution in [0.25, 0.3) is 11.5 Å². The molecule has 1 atom stereocenters. The monoisotopic (exact) mass is 410 g/mol. The quantitative estimate of drug-likeness (QED) is 0.660. The molecule has 1 aromatic heterocycles. The Labute approximate surface area is 154 Å². The largest absolute Gasteiger partial charge is 0.434 e. The molecular weight excluding hydrogens is 394 g/mol. The van der Waals surface area contributed by atoms with E-state index in [1.165, 1.54) is 0 Å². The zero-order chi connectivity index (χ0) is 20.5. The summed E-state index contributed by atoms with van der Waals surface area (Å²) in [6.07, 6.45) is -8.68. The number of H-pyrrole nitrogens is 1. The molecule has 154 valence electrons. The highest BCUT2D eigenvalue weighted by Crippen LogP contribution is 2.40. The second-order valence-corrected chi connectivity index (χ2v) is 6.42. The number of halogens is 6. The number of aromatic amines is 1. The summed E-state index contributed by atoms with van der Waals surface area (Å²) in [6, 6.07) is 0.293. The van der Waals surface area contributed by atoms with Crippen molar-refractivity contribution in [1.29, 1.82) is 0 Å². The highest BCUT2D eigenvalue weighted by atomic mass is 19.4. The summed E-state index contributed by atoms with van der Waals surface area (Å²) in [4.78, 5) is 11.1. The van der Waals surface area contributed by atoms with Gasteiger partial charge in [-0.25, -0.2) is 23.1 Å². The zero-order valence-electron chi connectivity index (χ0n) is 14.2.